The third-order valence-electron chi connectivity index (χ3n) is 2.28. The summed E-state index contributed by atoms with van der Waals surface area (Å²) in [5, 5.41) is 3.22. The predicted octanol–water partition coefficient (Wildman–Crippen LogP) is 3.14. The van der Waals surface area contributed by atoms with Crippen molar-refractivity contribution in [2.75, 3.05) is 5.32 Å². The first-order valence-corrected chi connectivity index (χ1v) is 5.14. The van der Waals surface area contributed by atoms with Crippen LogP contribution in [0.1, 0.15) is 11.1 Å². The normalized spacial score (nSPS) is 10.1. The second-order valence-corrected chi connectivity index (χ2v) is 3.73. The summed E-state index contributed by atoms with van der Waals surface area (Å²) in [4.78, 5) is 3.80. The Morgan fingerprint density at radius 3 is 2.88 bits per heavy atom. The van der Waals surface area contributed by atoms with Crippen molar-refractivity contribution in [3.63, 3.8) is 0 Å². The number of nitrogens with one attached hydrogen (secondary N) is 1. The average Bonchev–Trinajstić information content (AvgIpc) is 2.27. The lowest BCUT2D eigenvalue weighted by Crippen LogP contribution is -2.00. The molecule has 2 rings (SSSR count). The van der Waals surface area contributed by atoms with Crippen LogP contribution in [0.15, 0.2) is 42.7 Å². The van der Waals surface area contributed by atoms with Gasteiger partial charge in [0.25, 0.3) is 0 Å². The summed E-state index contributed by atoms with van der Waals surface area (Å²) in [5.41, 5.74) is 3.06. The molecule has 16 heavy (non-hydrogen) atoms. The van der Waals surface area contributed by atoms with Crippen molar-refractivity contribution in [2.24, 2.45) is 0 Å². The summed E-state index contributed by atoms with van der Waals surface area (Å²) in [5.74, 6) is -0.302. The molecule has 1 aromatic heterocycles. The van der Waals surface area contributed by atoms with Crippen LogP contribution < -0.4 is 5.32 Å². The fourth-order valence-corrected chi connectivity index (χ4v) is 1.51. The van der Waals surface area contributed by atoms with Crippen LogP contribution >= 0.6 is 0 Å². The second kappa shape index (κ2) is 4.75. The highest BCUT2D eigenvalue weighted by molar-refractivity contribution is 5.45. The van der Waals surface area contributed by atoms with Crippen LogP contribution in [0.4, 0.5) is 10.1 Å². The highest BCUT2D eigenvalue weighted by Gasteiger charge is 1.96. The summed E-state index contributed by atoms with van der Waals surface area (Å²) >= 11 is 0. The molecule has 0 aliphatic rings. The van der Waals surface area contributed by atoms with E-state index in [9.17, 15) is 4.39 Å². The number of hydrogen-bond donors (Lipinski definition) is 1. The summed E-state index contributed by atoms with van der Waals surface area (Å²) in [6.45, 7) is 2.61. The third kappa shape index (κ3) is 2.79. The highest BCUT2D eigenvalue weighted by atomic mass is 19.1. The minimum Gasteiger partial charge on any atom is -0.381 e. The lowest BCUT2D eigenvalue weighted by atomic mass is 10.2. The van der Waals surface area contributed by atoms with Crippen LogP contribution in [0.25, 0.3) is 0 Å². The molecular weight excluding hydrogens is 203 g/mol. The number of anilines is 1. The van der Waals surface area contributed by atoms with Gasteiger partial charge in [0.1, 0.15) is 5.82 Å². The molecule has 0 amide bonds. The number of aryl methyl sites for hydroxylation is 1. The van der Waals surface area contributed by atoms with Gasteiger partial charge in [-0.2, -0.15) is 0 Å². The molecule has 0 spiro atoms. The van der Waals surface area contributed by atoms with Gasteiger partial charge < -0.3 is 5.32 Å². The first-order chi connectivity index (χ1) is 7.74. The van der Waals surface area contributed by atoms with Gasteiger partial charge in [0, 0.05) is 18.4 Å². The van der Waals surface area contributed by atoms with Gasteiger partial charge in [-0.3, -0.25) is 4.98 Å². The molecule has 0 aliphatic carbocycles. The van der Waals surface area contributed by atoms with Gasteiger partial charge in [0.15, 0.2) is 0 Å². The van der Waals surface area contributed by atoms with Crippen LogP contribution in [-0.2, 0) is 6.54 Å². The zero-order valence-electron chi connectivity index (χ0n) is 9.07. The van der Waals surface area contributed by atoms with Gasteiger partial charge in [-0.25, -0.2) is 4.39 Å². The lowest BCUT2D eigenvalue weighted by molar-refractivity contribution is 0.619. The van der Waals surface area contributed by atoms with Crippen molar-refractivity contribution in [3.8, 4) is 0 Å². The number of hydrogen-bond acceptors (Lipinski definition) is 2. The topological polar surface area (TPSA) is 24.9 Å². The fourth-order valence-electron chi connectivity index (χ4n) is 1.51. The van der Waals surface area contributed by atoms with Gasteiger partial charge in [-0.15, -0.1) is 0 Å². The molecule has 0 saturated heterocycles. The Labute approximate surface area is 94.2 Å². The summed E-state index contributed by atoms with van der Waals surface area (Å²) in [6.07, 6.45) is 2.86. The van der Waals surface area contributed by atoms with Crippen molar-refractivity contribution in [1.82, 2.24) is 4.98 Å². The van der Waals surface area contributed by atoms with E-state index in [-0.39, 0.29) is 5.82 Å². The molecule has 3 heteroatoms. The maximum Gasteiger partial charge on any atom is 0.141 e. The van der Waals surface area contributed by atoms with Gasteiger partial charge in [0.2, 0.25) is 0 Å². The molecule has 0 fully saturated rings. The van der Waals surface area contributed by atoms with Crippen molar-refractivity contribution in [2.45, 2.75) is 13.5 Å². The fraction of sp³-hybridized carbons (Fsp3) is 0.154. The van der Waals surface area contributed by atoms with Crippen LogP contribution in [0.2, 0.25) is 0 Å². The average molecular weight is 216 g/mol. The highest BCUT2D eigenvalue weighted by Crippen LogP contribution is 2.11. The molecule has 2 nitrogen and oxygen atoms in total. The van der Waals surface area contributed by atoms with Crippen molar-refractivity contribution in [1.29, 1.82) is 0 Å². The Kier molecular flexibility index (Phi) is 3.15. The maximum atomic E-state index is 12.9. The maximum absolute atomic E-state index is 12.9. The molecule has 1 N–H and O–H groups in total. The monoisotopic (exact) mass is 216 g/mol. The van der Waals surface area contributed by atoms with E-state index < -0.39 is 0 Å². The van der Waals surface area contributed by atoms with Gasteiger partial charge in [0.05, 0.1) is 6.20 Å². The Bertz CT molecular complexity index is 437. The molecule has 0 unspecified atom stereocenters. The minimum atomic E-state index is -0.302. The number of nitrogens with zero attached hydrogens (tertiary/aromatic N) is 1. The van der Waals surface area contributed by atoms with Crippen LogP contribution in [0.5, 0.6) is 0 Å². The van der Waals surface area contributed by atoms with E-state index in [1.807, 2.05) is 31.2 Å². The smallest absolute Gasteiger partial charge is 0.141 e. The van der Waals surface area contributed by atoms with E-state index in [1.165, 1.54) is 17.8 Å². The van der Waals surface area contributed by atoms with Crippen molar-refractivity contribution < 1.29 is 4.39 Å². The molecule has 1 aromatic carbocycles. The molecular formula is C13H13FN2. The number of halogens is 1. The van der Waals surface area contributed by atoms with E-state index in [2.05, 4.69) is 10.3 Å². The Morgan fingerprint density at radius 2 is 2.12 bits per heavy atom. The van der Waals surface area contributed by atoms with Crippen LogP contribution in [0.3, 0.4) is 0 Å². The molecule has 0 radical (unpaired) electrons. The van der Waals surface area contributed by atoms with E-state index in [0.29, 0.717) is 6.54 Å². The zero-order valence-corrected chi connectivity index (χ0v) is 9.07. The van der Waals surface area contributed by atoms with Crippen molar-refractivity contribution in [3.05, 3.63) is 59.7 Å². The zero-order chi connectivity index (χ0) is 11.4. The van der Waals surface area contributed by atoms with E-state index in [1.54, 1.807) is 6.20 Å². The summed E-state index contributed by atoms with van der Waals surface area (Å²) in [6, 6.07) is 9.54. The number of pyridine rings is 1. The number of aromatic nitrogens is 1. The standard InChI is InChI=1S/C13H13FN2/c1-10-3-2-4-13(5-10)16-8-11-6-12(14)9-15-7-11/h2-7,9,16H,8H2,1H3. The number of benzene rings is 1. The quantitative estimate of drug-likeness (QED) is 0.852. The molecule has 2 aromatic rings. The first-order valence-electron chi connectivity index (χ1n) is 5.14. The van der Waals surface area contributed by atoms with E-state index in [0.717, 1.165) is 11.3 Å². The Balaban J connectivity index is 2.02. The van der Waals surface area contributed by atoms with Crippen molar-refractivity contribution >= 4 is 5.69 Å². The van der Waals surface area contributed by atoms with Gasteiger partial charge in [-0.05, 0) is 36.2 Å². The van der Waals surface area contributed by atoms with Crippen LogP contribution in [0, 0.1) is 12.7 Å². The summed E-state index contributed by atoms with van der Waals surface area (Å²) < 4.78 is 12.9. The third-order valence-corrected chi connectivity index (χ3v) is 2.28. The van der Waals surface area contributed by atoms with Crippen LogP contribution in [-0.4, -0.2) is 4.98 Å². The predicted molar refractivity (Wildman–Crippen MR) is 62.7 cm³/mol. The molecule has 0 aliphatic heterocycles. The largest absolute Gasteiger partial charge is 0.381 e. The summed E-state index contributed by atoms with van der Waals surface area (Å²) in [7, 11) is 0. The van der Waals surface area contributed by atoms with Gasteiger partial charge in [-0.1, -0.05) is 12.1 Å². The first kappa shape index (κ1) is 10.6. The SMILES string of the molecule is Cc1cccc(NCc2cncc(F)c2)c1. The molecule has 1 heterocycles. The molecule has 0 saturated carbocycles. The lowest BCUT2D eigenvalue weighted by Gasteiger charge is -2.06. The molecule has 82 valence electrons. The number of rotatable bonds is 3. The Hall–Kier alpha value is -1.90. The minimum absolute atomic E-state index is 0.302. The Morgan fingerprint density at radius 1 is 1.25 bits per heavy atom. The second-order valence-electron chi connectivity index (χ2n) is 3.73. The van der Waals surface area contributed by atoms with Gasteiger partial charge >= 0.3 is 0 Å². The molecule has 0 bridgehead atoms. The molecule has 0 atom stereocenters. The van der Waals surface area contributed by atoms with E-state index in [4.69, 9.17) is 0 Å². The van der Waals surface area contributed by atoms with E-state index >= 15 is 0 Å².